The van der Waals surface area contributed by atoms with E-state index in [1.54, 1.807) is 6.92 Å². The molecule has 0 aromatic heterocycles. The third-order valence-electron chi connectivity index (χ3n) is 1.99. The molecule has 0 rings (SSSR count). The van der Waals surface area contributed by atoms with Crippen LogP contribution in [0.3, 0.4) is 0 Å². The van der Waals surface area contributed by atoms with Gasteiger partial charge in [0.05, 0.1) is 6.61 Å². The molecule has 0 fully saturated rings. The van der Waals surface area contributed by atoms with Crippen LogP contribution in [0, 0.1) is 5.92 Å². The molecule has 2 N–H and O–H groups in total. The van der Waals surface area contributed by atoms with Gasteiger partial charge in [0.15, 0.2) is 0 Å². The van der Waals surface area contributed by atoms with Crippen LogP contribution in [0.5, 0.6) is 0 Å². The molecular weight excluding hydrogens is 154 g/mol. The van der Waals surface area contributed by atoms with Gasteiger partial charge in [0.2, 0.25) is 0 Å². The third kappa shape index (κ3) is 4.34. The summed E-state index contributed by atoms with van der Waals surface area (Å²) in [6, 6.07) is -0.501. The van der Waals surface area contributed by atoms with Crippen LogP contribution in [0.2, 0.25) is 0 Å². The molecule has 0 spiro atoms. The number of hydrogen-bond acceptors (Lipinski definition) is 3. The van der Waals surface area contributed by atoms with Crippen molar-refractivity contribution < 1.29 is 9.53 Å². The molecular formula is C9H19NO2. The monoisotopic (exact) mass is 173 g/mol. The van der Waals surface area contributed by atoms with Gasteiger partial charge in [-0.05, 0) is 12.8 Å². The van der Waals surface area contributed by atoms with E-state index >= 15 is 0 Å². The van der Waals surface area contributed by atoms with Gasteiger partial charge in [0.1, 0.15) is 6.04 Å². The van der Waals surface area contributed by atoms with E-state index in [-0.39, 0.29) is 5.97 Å². The molecule has 12 heavy (non-hydrogen) atoms. The van der Waals surface area contributed by atoms with E-state index in [1.807, 2.05) is 0 Å². The van der Waals surface area contributed by atoms with Gasteiger partial charge < -0.3 is 10.5 Å². The molecule has 0 aliphatic heterocycles. The maximum Gasteiger partial charge on any atom is 0.322 e. The third-order valence-corrected chi connectivity index (χ3v) is 1.99. The Bertz CT molecular complexity index is 130. The second-order valence-corrected chi connectivity index (χ2v) is 3.10. The van der Waals surface area contributed by atoms with Crippen LogP contribution < -0.4 is 5.73 Å². The molecule has 0 aliphatic carbocycles. The highest BCUT2D eigenvalue weighted by Gasteiger charge is 2.11. The van der Waals surface area contributed by atoms with E-state index in [4.69, 9.17) is 10.5 Å². The van der Waals surface area contributed by atoms with E-state index in [1.165, 1.54) is 0 Å². The number of rotatable bonds is 5. The molecule has 0 amide bonds. The zero-order valence-electron chi connectivity index (χ0n) is 8.17. The first-order chi connectivity index (χ1) is 5.61. The Morgan fingerprint density at radius 2 is 1.92 bits per heavy atom. The summed E-state index contributed by atoms with van der Waals surface area (Å²) in [5.41, 5.74) is 5.33. The SMILES string of the molecule is CCC(CC)COC(=O)[C@H](C)N. The highest BCUT2D eigenvalue weighted by atomic mass is 16.5. The Kier molecular flexibility index (Phi) is 5.72. The average molecular weight is 173 g/mol. The van der Waals surface area contributed by atoms with Crippen molar-refractivity contribution in [3.05, 3.63) is 0 Å². The summed E-state index contributed by atoms with van der Waals surface area (Å²) in [4.78, 5) is 10.9. The molecule has 0 aromatic carbocycles. The van der Waals surface area contributed by atoms with Crippen molar-refractivity contribution in [1.29, 1.82) is 0 Å². The first-order valence-corrected chi connectivity index (χ1v) is 4.54. The number of esters is 1. The summed E-state index contributed by atoms with van der Waals surface area (Å²) in [6.07, 6.45) is 2.09. The van der Waals surface area contributed by atoms with Crippen molar-refractivity contribution in [2.24, 2.45) is 11.7 Å². The van der Waals surface area contributed by atoms with Crippen molar-refractivity contribution in [2.75, 3.05) is 6.61 Å². The van der Waals surface area contributed by atoms with Crippen molar-refractivity contribution in [3.8, 4) is 0 Å². The minimum Gasteiger partial charge on any atom is -0.464 e. The smallest absolute Gasteiger partial charge is 0.322 e. The van der Waals surface area contributed by atoms with Crippen LogP contribution in [0.4, 0.5) is 0 Å². The van der Waals surface area contributed by atoms with Crippen molar-refractivity contribution in [1.82, 2.24) is 0 Å². The number of ether oxygens (including phenoxy) is 1. The lowest BCUT2D eigenvalue weighted by Gasteiger charge is -2.13. The zero-order valence-corrected chi connectivity index (χ0v) is 8.17. The fourth-order valence-corrected chi connectivity index (χ4v) is 0.856. The van der Waals surface area contributed by atoms with Crippen LogP contribution in [0.15, 0.2) is 0 Å². The van der Waals surface area contributed by atoms with E-state index in [0.717, 1.165) is 12.8 Å². The van der Waals surface area contributed by atoms with E-state index in [0.29, 0.717) is 12.5 Å². The van der Waals surface area contributed by atoms with E-state index < -0.39 is 6.04 Å². The zero-order chi connectivity index (χ0) is 9.56. The summed E-state index contributed by atoms with van der Waals surface area (Å²) in [7, 11) is 0. The van der Waals surface area contributed by atoms with Gasteiger partial charge >= 0.3 is 5.97 Å². The fourth-order valence-electron chi connectivity index (χ4n) is 0.856. The summed E-state index contributed by atoms with van der Waals surface area (Å²) >= 11 is 0. The molecule has 0 unspecified atom stereocenters. The lowest BCUT2D eigenvalue weighted by atomic mass is 10.1. The predicted octanol–water partition coefficient (Wildman–Crippen LogP) is 1.31. The standard InChI is InChI=1S/C9H19NO2/c1-4-8(5-2)6-12-9(11)7(3)10/h7-8H,4-6,10H2,1-3H3/t7-/m0/s1. The first kappa shape index (κ1) is 11.4. The van der Waals surface area contributed by atoms with Gasteiger partial charge in [-0.15, -0.1) is 0 Å². The number of nitrogens with two attached hydrogens (primary N) is 1. The molecule has 0 saturated carbocycles. The van der Waals surface area contributed by atoms with Gasteiger partial charge in [-0.2, -0.15) is 0 Å². The van der Waals surface area contributed by atoms with Crippen LogP contribution in [-0.2, 0) is 9.53 Å². The summed E-state index contributed by atoms with van der Waals surface area (Å²) in [5, 5.41) is 0. The maximum atomic E-state index is 10.9. The highest BCUT2D eigenvalue weighted by molar-refractivity contribution is 5.74. The Morgan fingerprint density at radius 1 is 1.42 bits per heavy atom. The first-order valence-electron chi connectivity index (χ1n) is 4.54. The molecule has 1 atom stereocenters. The molecule has 0 saturated heterocycles. The highest BCUT2D eigenvalue weighted by Crippen LogP contribution is 2.07. The van der Waals surface area contributed by atoms with Gasteiger partial charge in [-0.3, -0.25) is 4.79 Å². The Hall–Kier alpha value is -0.570. The van der Waals surface area contributed by atoms with Crippen LogP contribution in [-0.4, -0.2) is 18.6 Å². The topological polar surface area (TPSA) is 52.3 Å². The number of carbonyl (C=O) groups is 1. The normalized spacial score (nSPS) is 13.1. The van der Waals surface area contributed by atoms with Gasteiger partial charge in [-0.25, -0.2) is 0 Å². The van der Waals surface area contributed by atoms with E-state index in [2.05, 4.69) is 13.8 Å². The fraction of sp³-hybridized carbons (Fsp3) is 0.889. The van der Waals surface area contributed by atoms with Crippen molar-refractivity contribution >= 4 is 5.97 Å². The molecule has 0 aromatic rings. The number of carbonyl (C=O) groups excluding carboxylic acids is 1. The summed E-state index contributed by atoms with van der Waals surface area (Å²) < 4.78 is 4.98. The van der Waals surface area contributed by atoms with Gasteiger partial charge in [0.25, 0.3) is 0 Å². The second kappa shape index (κ2) is 6.00. The van der Waals surface area contributed by atoms with Gasteiger partial charge in [0, 0.05) is 0 Å². The second-order valence-electron chi connectivity index (χ2n) is 3.10. The Balaban J connectivity index is 3.59. The average Bonchev–Trinajstić information content (AvgIpc) is 2.05. The Morgan fingerprint density at radius 3 is 2.25 bits per heavy atom. The molecule has 0 aliphatic rings. The lowest BCUT2D eigenvalue weighted by molar-refractivity contribution is -0.146. The molecule has 3 heteroatoms. The maximum absolute atomic E-state index is 10.9. The van der Waals surface area contributed by atoms with Crippen LogP contribution >= 0.6 is 0 Å². The molecule has 0 radical (unpaired) electrons. The van der Waals surface area contributed by atoms with Gasteiger partial charge in [-0.1, -0.05) is 26.7 Å². The molecule has 0 heterocycles. The Labute approximate surface area is 74.3 Å². The van der Waals surface area contributed by atoms with Crippen molar-refractivity contribution in [2.45, 2.75) is 39.7 Å². The largest absolute Gasteiger partial charge is 0.464 e. The predicted molar refractivity (Wildman–Crippen MR) is 48.7 cm³/mol. The molecule has 72 valence electrons. The molecule has 3 nitrogen and oxygen atoms in total. The van der Waals surface area contributed by atoms with Crippen LogP contribution in [0.25, 0.3) is 0 Å². The van der Waals surface area contributed by atoms with E-state index in [9.17, 15) is 4.79 Å². The molecule has 0 bridgehead atoms. The lowest BCUT2D eigenvalue weighted by Crippen LogP contribution is -2.30. The minimum absolute atomic E-state index is 0.304. The van der Waals surface area contributed by atoms with Crippen molar-refractivity contribution in [3.63, 3.8) is 0 Å². The minimum atomic E-state index is -0.501. The van der Waals surface area contributed by atoms with Crippen LogP contribution in [0.1, 0.15) is 33.6 Å². The summed E-state index contributed by atoms with van der Waals surface area (Å²) in [5.74, 6) is 0.176. The number of hydrogen-bond donors (Lipinski definition) is 1. The summed E-state index contributed by atoms with van der Waals surface area (Å²) in [6.45, 7) is 6.32. The quantitative estimate of drug-likeness (QED) is 0.638.